The molecular weight excluding hydrogens is 509 g/mol. The van der Waals surface area contributed by atoms with Crippen molar-refractivity contribution in [2.24, 2.45) is 0 Å². The van der Waals surface area contributed by atoms with Gasteiger partial charge in [0.05, 0.1) is 21.8 Å². The standard InChI is InChI=1S/C20H15ClF5N3O4S/c1-10(31)8-33-19-16(3-11(22)7-27-19)34-15-5-14(13(23)4-12(15)21)29(2)17(20(24,25)26)6-18(32)28-9-30/h3-7,9H,8H2,1-2H3,(H,28,30,32)/b17-6-. The average Bonchev–Trinajstić information content (AvgIpc) is 2.72. The van der Waals surface area contributed by atoms with Gasteiger partial charge < -0.3 is 9.64 Å². The Kier molecular flexibility index (Phi) is 8.99. The lowest BCUT2D eigenvalue weighted by molar-refractivity contribution is -0.123. The second-order valence-electron chi connectivity index (χ2n) is 6.50. The number of anilines is 1. The number of hydrogen-bond acceptors (Lipinski definition) is 7. The zero-order chi connectivity index (χ0) is 25.6. The van der Waals surface area contributed by atoms with E-state index in [1.54, 1.807) is 0 Å². The van der Waals surface area contributed by atoms with Gasteiger partial charge in [-0.2, -0.15) is 13.2 Å². The molecule has 0 saturated heterocycles. The quantitative estimate of drug-likeness (QED) is 0.298. The highest BCUT2D eigenvalue weighted by Crippen LogP contribution is 2.42. The minimum atomic E-state index is -5.10. The first-order chi connectivity index (χ1) is 15.8. The lowest BCUT2D eigenvalue weighted by atomic mass is 10.2. The minimum Gasteiger partial charge on any atom is -0.469 e. The van der Waals surface area contributed by atoms with Crippen molar-refractivity contribution in [3.63, 3.8) is 0 Å². The van der Waals surface area contributed by atoms with Gasteiger partial charge in [0, 0.05) is 18.0 Å². The number of ketones is 1. The first kappa shape index (κ1) is 27.1. The molecule has 0 radical (unpaired) electrons. The van der Waals surface area contributed by atoms with E-state index in [1.165, 1.54) is 12.2 Å². The van der Waals surface area contributed by atoms with Crippen LogP contribution < -0.4 is 15.0 Å². The summed E-state index contributed by atoms with van der Waals surface area (Å²) >= 11 is 6.74. The third-order valence-corrected chi connectivity index (χ3v) is 5.40. The third-order valence-electron chi connectivity index (χ3n) is 3.90. The van der Waals surface area contributed by atoms with Gasteiger partial charge in [0.2, 0.25) is 12.3 Å². The van der Waals surface area contributed by atoms with Crippen LogP contribution in [-0.2, 0) is 14.4 Å². The van der Waals surface area contributed by atoms with E-state index in [-0.39, 0.29) is 45.6 Å². The van der Waals surface area contributed by atoms with Crippen molar-refractivity contribution in [2.75, 3.05) is 18.6 Å². The molecule has 0 spiro atoms. The van der Waals surface area contributed by atoms with Gasteiger partial charge in [-0.05, 0) is 25.1 Å². The fraction of sp³-hybridized carbons (Fsp3) is 0.200. The van der Waals surface area contributed by atoms with Gasteiger partial charge in [0.15, 0.2) is 5.78 Å². The number of halogens is 6. The van der Waals surface area contributed by atoms with Crippen molar-refractivity contribution in [1.29, 1.82) is 0 Å². The predicted molar refractivity (Wildman–Crippen MR) is 113 cm³/mol. The maximum absolute atomic E-state index is 14.6. The Morgan fingerprint density at radius 1 is 1.24 bits per heavy atom. The number of carbonyl (C=O) groups is 3. The van der Waals surface area contributed by atoms with E-state index >= 15 is 0 Å². The van der Waals surface area contributed by atoms with Crippen LogP contribution in [0.15, 0.2) is 46.0 Å². The number of hydrogen-bond donors (Lipinski definition) is 1. The number of rotatable bonds is 9. The first-order valence-corrected chi connectivity index (χ1v) is 10.2. The molecule has 14 heteroatoms. The smallest absolute Gasteiger partial charge is 0.431 e. The molecule has 1 aromatic carbocycles. The van der Waals surface area contributed by atoms with Gasteiger partial charge >= 0.3 is 6.18 Å². The molecule has 0 aliphatic rings. The summed E-state index contributed by atoms with van der Waals surface area (Å²) in [7, 11) is 0.847. The molecule has 1 heterocycles. The molecule has 2 amide bonds. The maximum atomic E-state index is 14.6. The molecule has 182 valence electrons. The van der Waals surface area contributed by atoms with Crippen LogP contribution in [0, 0.1) is 11.6 Å². The highest BCUT2D eigenvalue weighted by molar-refractivity contribution is 7.99. The highest BCUT2D eigenvalue weighted by Gasteiger charge is 2.38. The third kappa shape index (κ3) is 7.15. The number of nitrogens with one attached hydrogen (secondary N) is 1. The van der Waals surface area contributed by atoms with Crippen LogP contribution in [0.1, 0.15) is 6.92 Å². The van der Waals surface area contributed by atoms with E-state index in [2.05, 4.69) is 4.98 Å². The zero-order valence-electron chi connectivity index (χ0n) is 17.4. The van der Waals surface area contributed by atoms with Crippen molar-refractivity contribution in [1.82, 2.24) is 10.3 Å². The number of carbonyl (C=O) groups excluding carboxylic acids is 3. The fourth-order valence-corrected chi connectivity index (χ4v) is 3.65. The number of aromatic nitrogens is 1. The lowest BCUT2D eigenvalue weighted by Gasteiger charge is -2.25. The zero-order valence-corrected chi connectivity index (χ0v) is 18.9. The Balaban J connectivity index is 2.51. The number of ether oxygens (including phenoxy) is 1. The second-order valence-corrected chi connectivity index (χ2v) is 7.99. The predicted octanol–water partition coefficient (Wildman–Crippen LogP) is 4.29. The maximum Gasteiger partial charge on any atom is 0.431 e. The molecule has 0 aliphatic carbocycles. The Morgan fingerprint density at radius 3 is 2.50 bits per heavy atom. The van der Waals surface area contributed by atoms with Crippen molar-refractivity contribution in [2.45, 2.75) is 22.9 Å². The number of amides is 2. The molecule has 0 unspecified atom stereocenters. The van der Waals surface area contributed by atoms with Crippen LogP contribution >= 0.6 is 23.4 Å². The molecule has 0 atom stereocenters. The Morgan fingerprint density at radius 2 is 1.91 bits per heavy atom. The molecule has 0 saturated carbocycles. The summed E-state index contributed by atoms with van der Waals surface area (Å²) in [5.74, 6) is -3.82. The van der Waals surface area contributed by atoms with Crippen LogP contribution in [0.25, 0.3) is 0 Å². The van der Waals surface area contributed by atoms with E-state index in [1.807, 2.05) is 0 Å². The van der Waals surface area contributed by atoms with Crippen LogP contribution in [0.5, 0.6) is 5.88 Å². The fourth-order valence-electron chi connectivity index (χ4n) is 2.45. The molecule has 34 heavy (non-hydrogen) atoms. The van der Waals surface area contributed by atoms with Crippen molar-refractivity contribution < 1.29 is 41.1 Å². The Labute approximate surface area is 198 Å². The molecule has 0 fully saturated rings. The second kappa shape index (κ2) is 11.3. The molecule has 0 aliphatic heterocycles. The number of imide groups is 1. The van der Waals surface area contributed by atoms with Crippen LogP contribution in [0.2, 0.25) is 5.02 Å². The van der Waals surface area contributed by atoms with E-state index in [0.717, 1.165) is 31.4 Å². The normalized spacial score (nSPS) is 11.7. The number of nitrogens with zero attached hydrogens (tertiary/aromatic N) is 2. The summed E-state index contributed by atoms with van der Waals surface area (Å²) in [6, 6.07) is 2.66. The van der Waals surface area contributed by atoms with Gasteiger partial charge in [-0.3, -0.25) is 19.7 Å². The monoisotopic (exact) mass is 523 g/mol. The largest absolute Gasteiger partial charge is 0.469 e. The number of alkyl halides is 3. The molecule has 7 nitrogen and oxygen atoms in total. The Hall–Kier alpha value is -3.19. The van der Waals surface area contributed by atoms with Crippen LogP contribution in [0.4, 0.5) is 27.6 Å². The van der Waals surface area contributed by atoms with E-state index < -0.39 is 35.1 Å². The summed E-state index contributed by atoms with van der Waals surface area (Å²) in [6.45, 7) is 0.871. The van der Waals surface area contributed by atoms with Gasteiger partial charge in [0.1, 0.15) is 23.9 Å². The van der Waals surface area contributed by atoms with E-state index in [4.69, 9.17) is 16.3 Å². The molecular formula is C20H15ClF5N3O4S. The number of pyridine rings is 1. The summed E-state index contributed by atoms with van der Waals surface area (Å²) < 4.78 is 74.2. The lowest BCUT2D eigenvalue weighted by Crippen LogP contribution is -2.32. The van der Waals surface area contributed by atoms with Crippen molar-refractivity contribution >= 4 is 47.2 Å². The van der Waals surface area contributed by atoms with Gasteiger partial charge in [-0.1, -0.05) is 23.4 Å². The summed E-state index contributed by atoms with van der Waals surface area (Å²) in [6.07, 6.45) is -4.30. The SMILES string of the molecule is CC(=O)COc1ncc(F)cc1Sc1cc(N(C)/C(=C\C(=O)NC=O)C(F)(F)F)c(F)cc1Cl. The summed E-state index contributed by atoms with van der Waals surface area (Å²) in [5, 5.41) is 1.31. The summed E-state index contributed by atoms with van der Waals surface area (Å²) in [4.78, 5) is 37.1. The van der Waals surface area contributed by atoms with Crippen LogP contribution in [0.3, 0.4) is 0 Å². The van der Waals surface area contributed by atoms with Gasteiger partial charge in [-0.25, -0.2) is 13.8 Å². The molecule has 2 rings (SSSR count). The first-order valence-electron chi connectivity index (χ1n) is 9.05. The topological polar surface area (TPSA) is 88.6 Å². The van der Waals surface area contributed by atoms with Gasteiger partial charge in [0.25, 0.3) is 5.91 Å². The number of Topliss-reactive ketones (excluding diaryl/α,β-unsaturated/α-hetero) is 1. The van der Waals surface area contributed by atoms with E-state index in [9.17, 15) is 36.3 Å². The number of benzene rings is 1. The van der Waals surface area contributed by atoms with Crippen LogP contribution in [-0.4, -0.2) is 42.9 Å². The van der Waals surface area contributed by atoms with Crippen molar-refractivity contribution in [3.8, 4) is 5.88 Å². The van der Waals surface area contributed by atoms with Crippen molar-refractivity contribution in [3.05, 3.63) is 52.8 Å². The average molecular weight is 524 g/mol. The van der Waals surface area contributed by atoms with Gasteiger partial charge in [-0.15, -0.1) is 0 Å². The highest BCUT2D eigenvalue weighted by atomic mass is 35.5. The molecule has 1 N–H and O–H groups in total. The minimum absolute atomic E-state index is 0.0103. The molecule has 0 bridgehead atoms. The summed E-state index contributed by atoms with van der Waals surface area (Å²) in [5.41, 5.74) is -2.22. The van der Waals surface area contributed by atoms with E-state index in [0.29, 0.717) is 16.7 Å². The molecule has 2 aromatic rings. The number of allylic oxidation sites excluding steroid dienone is 1. The Bertz CT molecular complexity index is 1140. The molecule has 1 aromatic heterocycles.